The maximum atomic E-state index is 12.5. The lowest BCUT2D eigenvalue weighted by Gasteiger charge is -2.33. The first-order valence-electron chi connectivity index (χ1n) is 8.80. The zero-order valence-corrected chi connectivity index (χ0v) is 17.0. The van der Waals surface area contributed by atoms with Gasteiger partial charge in [0.1, 0.15) is 0 Å². The molecule has 7 nitrogen and oxygen atoms in total. The second-order valence-electron chi connectivity index (χ2n) is 7.58. The van der Waals surface area contributed by atoms with Crippen LogP contribution < -0.4 is 4.72 Å². The van der Waals surface area contributed by atoms with Gasteiger partial charge in [0.2, 0.25) is 0 Å². The summed E-state index contributed by atoms with van der Waals surface area (Å²) in [6.07, 6.45) is 2.29. The van der Waals surface area contributed by atoms with Gasteiger partial charge in [0.15, 0.2) is 0 Å². The molecule has 0 spiro atoms. The van der Waals surface area contributed by atoms with Gasteiger partial charge < -0.3 is 9.59 Å². The van der Waals surface area contributed by atoms with Crippen LogP contribution in [-0.4, -0.2) is 75.6 Å². The fourth-order valence-electron chi connectivity index (χ4n) is 2.74. The predicted molar refractivity (Wildman–Crippen MR) is 103 cm³/mol. The van der Waals surface area contributed by atoms with E-state index < -0.39 is 22.2 Å². The highest BCUT2D eigenvalue weighted by Crippen LogP contribution is 2.11. The molecule has 0 unspecified atom stereocenters. The van der Waals surface area contributed by atoms with Crippen LogP contribution >= 0.6 is 0 Å². The Morgan fingerprint density at radius 2 is 1.81 bits per heavy atom. The highest BCUT2D eigenvalue weighted by molar-refractivity contribution is 7.87. The molecule has 0 aromatic heterocycles. The smallest absolute Gasteiger partial charge is 0.305 e. The standard InChI is InChI=1S/C18H31N3O4S/c1-20(17(14-18(22)23)15-21(2,3)4)26(24,25)19-13-9-8-12-16-10-6-5-7-11-16/h5-7,10-11,17,19H,8-9,12-15H2,1-4H3/p+1/t17-/m1/s1. The fourth-order valence-corrected chi connectivity index (χ4v) is 3.88. The van der Waals surface area contributed by atoms with Crippen LogP contribution in [0.4, 0.5) is 0 Å². The minimum Gasteiger partial charge on any atom is -0.481 e. The van der Waals surface area contributed by atoms with Crippen LogP contribution in [-0.2, 0) is 21.4 Å². The molecule has 8 heteroatoms. The van der Waals surface area contributed by atoms with E-state index in [1.165, 1.54) is 12.6 Å². The zero-order valence-electron chi connectivity index (χ0n) is 16.2. The van der Waals surface area contributed by atoms with Crippen molar-refractivity contribution < 1.29 is 22.8 Å². The molecule has 148 valence electrons. The lowest BCUT2D eigenvalue weighted by Crippen LogP contribution is -2.52. The Labute approximate surface area is 157 Å². The number of aliphatic carboxylic acids is 1. The zero-order chi connectivity index (χ0) is 19.8. The summed E-state index contributed by atoms with van der Waals surface area (Å²) in [5.41, 5.74) is 1.23. The number of quaternary nitrogens is 1. The van der Waals surface area contributed by atoms with Crippen molar-refractivity contribution in [3.8, 4) is 0 Å². The van der Waals surface area contributed by atoms with Gasteiger partial charge in [-0.2, -0.15) is 12.7 Å². The van der Waals surface area contributed by atoms with Crippen LogP contribution in [0.1, 0.15) is 24.8 Å². The van der Waals surface area contributed by atoms with Gasteiger partial charge in [-0.15, -0.1) is 0 Å². The molecule has 2 N–H and O–H groups in total. The van der Waals surface area contributed by atoms with E-state index >= 15 is 0 Å². The van der Waals surface area contributed by atoms with Crippen molar-refractivity contribution in [3.63, 3.8) is 0 Å². The molecule has 0 amide bonds. The van der Waals surface area contributed by atoms with Gasteiger partial charge >= 0.3 is 5.97 Å². The maximum absolute atomic E-state index is 12.5. The largest absolute Gasteiger partial charge is 0.481 e. The molecule has 1 aromatic rings. The molecule has 1 atom stereocenters. The van der Waals surface area contributed by atoms with Crippen LogP contribution in [0, 0.1) is 0 Å². The minimum absolute atomic E-state index is 0.221. The van der Waals surface area contributed by atoms with E-state index in [2.05, 4.69) is 16.9 Å². The number of hydrogen-bond donors (Lipinski definition) is 2. The number of rotatable bonds is 12. The van der Waals surface area contributed by atoms with Crippen molar-refractivity contribution in [2.45, 2.75) is 31.7 Å². The highest BCUT2D eigenvalue weighted by Gasteiger charge is 2.31. The van der Waals surface area contributed by atoms with Gasteiger partial charge in [-0.1, -0.05) is 30.3 Å². The van der Waals surface area contributed by atoms with Crippen LogP contribution in [0.15, 0.2) is 30.3 Å². The summed E-state index contributed by atoms with van der Waals surface area (Å²) in [6.45, 7) is 0.751. The van der Waals surface area contributed by atoms with Gasteiger partial charge in [0, 0.05) is 13.6 Å². The van der Waals surface area contributed by atoms with Crippen molar-refractivity contribution >= 4 is 16.2 Å². The minimum atomic E-state index is -3.71. The molecule has 1 aromatic carbocycles. The second kappa shape index (κ2) is 10.0. The Bertz CT molecular complexity index is 657. The lowest BCUT2D eigenvalue weighted by atomic mass is 10.1. The molecule has 0 bridgehead atoms. The van der Waals surface area contributed by atoms with Crippen molar-refractivity contribution in [3.05, 3.63) is 35.9 Å². The van der Waals surface area contributed by atoms with Crippen molar-refractivity contribution in [2.75, 3.05) is 41.3 Å². The van der Waals surface area contributed by atoms with E-state index in [1.807, 2.05) is 39.3 Å². The predicted octanol–water partition coefficient (Wildman–Crippen LogP) is 1.33. The van der Waals surface area contributed by atoms with Crippen LogP contribution in [0.2, 0.25) is 0 Å². The number of unbranched alkanes of at least 4 members (excludes halogenated alkanes) is 1. The Hall–Kier alpha value is -1.48. The molecule has 0 aliphatic carbocycles. The summed E-state index contributed by atoms with van der Waals surface area (Å²) in [7, 11) is 3.45. The molecular formula is C18H32N3O4S+. The summed E-state index contributed by atoms with van der Waals surface area (Å²) < 4.78 is 29.2. The summed E-state index contributed by atoms with van der Waals surface area (Å²) in [5.74, 6) is -1.01. The number of carboxylic acids is 1. The van der Waals surface area contributed by atoms with E-state index in [0.717, 1.165) is 23.6 Å². The number of aryl methyl sites for hydroxylation is 1. The molecule has 0 aliphatic rings. The van der Waals surface area contributed by atoms with Gasteiger partial charge in [-0.3, -0.25) is 4.79 Å². The van der Waals surface area contributed by atoms with Crippen LogP contribution in [0.25, 0.3) is 0 Å². The second-order valence-corrected chi connectivity index (χ2v) is 9.40. The first-order chi connectivity index (χ1) is 12.0. The average molecular weight is 387 g/mol. The molecule has 0 saturated carbocycles. The Morgan fingerprint density at radius 3 is 2.35 bits per heavy atom. The van der Waals surface area contributed by atoms with E-state index in [1.54, 1.807) is 0 Å². The number of nitrogens with one attached hydrogen (secondary N) is 1. The summed E-state index contributed by atoms with van der Waals surface area (Å²) >= 11 is 0. The quantitative estimate of drug-likeness (QED) is 0.419. The third kappa shape index (κ3) is 8.75. The fraction of sp³-hybridized carbons (Fsp3) is 0.611. The van der Waals surface area contributed by atoms with Gasteiger partial charge in [0.05, 0.1) is 40.2 Å². The topological polar surface area (TPSA) is 86.7 Å². The Morgan fingerprint density at radius 1 is 1.19 bits per heavy atom. The maximum Gasteiger partial charge on any atom is 0.305 e. The van der Waals surface area contributed by atoms with E-state index in [0.29, 0.717) is 17.6 Å². The van der Waals surface area contributed by atoms with E-state index in [-0.39, 0.29) is 6.42 Å². The van der Waals surface area contributed by atoms with Crippen LogP contribution in [0.5, 0.6) is 0 Å². The molecule has 0 heterocycles. The number of nitrogens with zero attached hydrogens (tertiary/aromatic N) is 2. The molecule has 0 aliphatic heterocycles. The van der Waals surface area contributed by atoms with Gasteiger partial charge in [-0.25, -0.2) is 4.72 Å². The SMILES string of the molecule is CN([C@H](CC(=O)O)C[N+](C)(C)C)S(=O)(=O)NCCCCc1ccccc1. The molecule has 0 saturated heterocycles. The van der Waals surface area contributed by atoms with Crippen molar-refractivity contribution in [1.29, 1.82) is 0 Å². The molecule has 26 heavy (non-hydrogen) atoms. The number of benzene rings is 1. The van der Waals surface area contributed by atoms with E-state index in [4.69, 9.17) is 5.11 Å². The summed E-state index contributed by atoms with van der Waals surface area (Å²) in [5, 5.41) is 9.10. The molecule has 0 fully saturated rings. The van der Waals surface area contributed by atoms with Crippen molar-refractivity contribution in [1.82, 2.24) is 9.03 Å². The Balaban J connectivity index is 2.53. The lowest BCUT2D eigenvalue weighted by molar-refractivity contribution is -0.872. The summed E-state index contributed by atoms with van der Waals surface area (Å²) in [4.78, 5) is 11.1. The molecular weight excluding hydrogens is 354 g/mol. The third-order valence-electron chi connectivity index (χ3n) is 4.08. The Kier molecular flexibility index (Phi) is 8.69. The number of likely N-dealkylation sites (N-methyl/N-ethyl adjacent to an activating group) is 2. The van der Waals surface area contributed by atoms with Crippen molar-refractivity contribution in [2.24, 2.45) is 0 Å². The highest BCUT2D eigenvalue weighted by atomic mass is 32.2. The number of carboxylic acid groups (broad SMARTS) is 1. The average Bonchev–Trinajstić information content (AvgIpc) is 2.52. The summed E-state index contributed by atoms with van der Waals surface area (Å²) in [6, 6.07) is 9.46. The molecule has 0 radical (unpaired) electrons. The first-order valence-corrected chi connectivity index (χ1v) is 10.2. The first kappa shape index (κ1) is 22.6. The van der Waals surface area contributed by atoms with Gasteiger partial charge in [-0.05, 0) is 24.8 Å². The third-order valence-corrected chi connectivity index (χ3v) is 5.71. The molecule has 1 rings (SSSR count). The monoisotopic (exact) mass is 386 g/mol. The van der Waals surface area contributed by atoms with E-state index in [9.17, 15) is 13.2 Å². The van der Waals surface area contributed by atoms with Gasteiger partial charge in [0.25, 0.3) is 10.2 Å². The normalized spacial score (nSPS) is 13.7. The van der Waals surface area contributed by atoms with Crippen LogP contribution in [0.3, 0.4) is 0 Å². The number of carbonyl (C=O) groups is 1. The number of hydrogen-bond acceptors (Lipinski definition) is 3.